The van der Waals surface area contributed by atoms with E-state index in [1.54, 1.807) is 31.3 Å². The molecule has 3 N–H and O–H groups in total. The van der Waals surface area contributed by atoms with Gasteiger partial charge in [0, 0.05) is 41.9 Å². The van der Waals surface area contributed by atoms with E-state index < -0.39 is 5.82 Å². The summed E-state index contributed by atoms with van der Waals surface area (Å²) in [5.74, 6) is 0.188. The van der Waals surface area contributed by atoms with Crippen LogP contribution in [0, 0.1) is 12.7 Å². The van der Waals surface area contributed by atoms with Crippen LogP contribution in [0.3, 0.4) is 0 Å². The van der Waals surface area contributed by atoms with Crippen molar-refractivity contribution < 1.29 is 13.9 Å². The average molecular weight is 523 g/mol. The lowest BCUT2D eigenvalue weighted by atomic mass is 10.0. The largest absolute Gasteiger partial charge is 0.421 e. The predicted molar refractivity (Wildman–Crippen MR) is 146 cm³/mol. The van der Waals surface area contributed by atoms with Gasteiger partial charge >= 0.3 is 6.01 Å². The second-order valence-corrected chi connectivity index (χ2v) is 8.93. The molecule has 0 bridgehead atoms. The molecule has 10 nitrogen and oxygen atoms in total. The summed E-state index contributed by atoms with van der Waals surface area (Å²) in [6, 6.07) is 13.9. The Morgan fingerprint density at radius 2 is 2.03 bits per heavy atom. The molecule has 0 saturated carbocycles. The van der Waals surface area contributed by atoms with Crippen molar-refractivity contribution in [2.24, 2.45) is 0 Å². The first-order valence-corrected chi connectivity index (χ1v) is 12.1. The van der Waals surface area contributed by atoms with Crippen molar-refractivity contribution in [3.8, 4) is 22.9 Å². The fourth-order valence-electron chi connectivity index (χ4n) is 4.76. The van der Waals surface area contributed by atoms with Crippen molar-refractivity contribution in [2.45, 2.75) is 13.5 Å². The molecule has 0 radical (unpaired) electrons. The number of nitrogen functional groups attached to an aromatic ring is 1. The number of ether oxygens (including phenoxy) is 1. The van der Waals surface area contributed by atoms with Gasteiger partial charge in [-0.25, -0.2) is 24.3 Å². The van der Waals surface area contributed by atoms with Gasteiger partial charge < -0.3 is 25.3 Å². The zero-order valence-corrected chi connectivity index (χ0v) is 20.9. The molecule has 3 aromatic heterocycles. The van der Waals surface area contributed by atoms with Gasteiger partial charge in [-0.2, -0.15) is 0 Å². The molecular formula is C28H23FN8O2. The molecule has 0 fully saturated rings. The van der Waals surface area contributed by atoms with Crippen LogP contribution >= 0.6 is 0 Å². The summed E-state index contributed by atoms with van der Waals surface area (Å²) >= 11 is 0. The highest BCUT2D eigenvalue weighted by Crippen LogP contribution is 2.47. The van der Waals surface area contributed by atoms with Crippen molar-refractivity contribution in [2.75, 3.05) is 22.5 Å². The Kier molecular flexibility index (Phi) is 5.87. The van der Waals surface area contributed by atoms with E-state index >= 15 is 4.39 Å². The van der Waals surface area contributed by atoms with E-state index in [9.17, 15) is 4.79 Å². The molecule has 5 aromatic rings. The molecule has 0 saturated heterocycles. The van der Waals surface area contributed by atoms with E-state index in [1.165, 1.54) is 24.5 Å². The van der Waals surface area contributed by atoms with Gasteiger partial charge in [0.25, 0.3) is 0 Å². The Bertz CT molecular complexity index is 1770. The monoisotopic (exact) mass is 522 g/mol. The zero-order valence-electron chi connectivity index (χ0n) is 20.9. The second-order valence-electron chi connectivity index (χ2n) is 8.93. The Hall–Kier alpha value is -5.32. The highest BCUT2D eigenvalue weighted by Gasteiger charge is 2.31. The number of carbonyl (C=O) groups is 1. The number of nitrogens with one attached hydrogen (secondary N) is 1. The topological polar surface area (TPSA) is 124 Å². The van der Waals surface area contributed by atoms with Crippen LogP contribution in [0.15, 0.2) is 73.7 Å². The number of hydrogen-bond donors (Lipinski definition) is 2. The van der Waals surface area contributed by atoms with Crippen LogP contribution in [0.2, 0.25) is 0 Å². The maximum atomic E-state index is 15.4. The van der Waals surface area contributed by atoms with Gasteiger partial charge in [0.05, 0.1) is 5.39 Å². The maximum Gasteiger partial charge on any atom is 0.322 e. The quantitative estimate of drug-likeness (QED) is 0.299. The van der Waals surface area contributed by atoms with E-state index in [2.05, 4.69) is 36.7 Å². The summed E-state index contributed by atoms with van der Waals surface area (Å²) in [5, 5.41) is 3.42. The lowest BCUT2D eigenvalue weighted by Gasteiger charge is -2.21. The van der Waals surface area contributed by atoms with E-state index in [0.29, 0.717) is 46.6 Å². The average Bonchev–Trinajstić information content (AvgIpc) is 3.49. The molecular weight excluding hydrogens is 499 g/mol. The minimum Gasteiger partial charge on any atom is -0.421 e. The number of nitrogens with two attached hydrogens (primary N) is 1. The van der Waals surface area contributed by atoms with Gasteiger partial charge in [-0.1, -0.05) is 18.7 Å². The van der Waals surface area contributed by atoms with Gasteiger partial charge in [-0.15, -0.1) is 0 Å². The Balaban J connectivity index is 1.47. The molecule has 0 atom stereocenters. The van der Waals surface area contributed by atoms with Crippen molar-refractivity contribution in [3.05, 3.63) is 85.2 Å². The summed E-state index contributed by atoms with van der Waals surface area (Å²) < 4.78 is 23.0. The maximum absolute atomic E-state index is 15.4. The molecule has 1 aliphatic rings. The number of benzene rings is 2. The lowest BCUT2D eigenvalue weighted by Crippen LogP contribution is -2.15. The van der Waals surface area contributed by atoms with E-state index in [-0.39, 0.29) is 23.5 Å². The van der Waals surface area contributed by atoms with Gasteiger partial charge in [-0.3, -0.25) is 4.79 Å². The number of halogens is 1. The molecule has 2 aromatic carbocycles. The van der Waals surface area contributed by atoms with Crippen LogP contribution in [0.1, 0.15) is 5.69 Å². The number of carbonyl (C=O) groups excluding carboxylic acids is 1. The Labute approximate surface area is 222 Å². The van der Waals surface area contributed by atoms with Crippen LogP contribution in [-0.4, -0.2) is 37.0 Å². The number of rotatable bonds is 6. The minimum atomic E-state index is -0.584. The number of aromatic nitrogens is 5. The van der Waals surface area contributed by atoms with E-state index in [1.807, 2.05) is 22.8 Å². The number of nitrogens with zero attached hydrogens (tertiary/aromatic N) is 6. The van der Waals surface area contributed by atoms with Crippen LogP contribution in [0.25, 0.3) is 22.2 Å². The van der Waals surface area contributed by atoms with Gasteiger partial charge in [0.15, 0.2) is 11.6 Å². The summed E-state index contributed by atoms with van der Waals surface area (Å²) in [5.41, 5.74) is 10.4. The minimum absolute atomic E-state index is 0.00347. The number of hydrogen-bond acceptors (Lipinski definition) is 8. The number of fused-ring (bicyclic) bond motifs is 3. The molecule has 6 rings (SSSR count). The van der Waals surface area contributed by atoms with Crippen LogP contribution < -0.4 is 20.7 Å². The summed E-state index contributed by atoms with van der Waals surface area (Å²) in [6.45, 7) is 6.57. The number of amides is 1. The molecule has 1 amide bonds. The fourth-order valence-corrected chi connectivity index (χ4v) is 4.76. The normalized spacial score (nSPS) is 12.4. The van der Waals surface area contributed by atoms with Crippen LogP contribution in [0.5, 0.6) is 11.8 Å². The first-order chi connectivity index (χ1) is 18.9. The fraction of sp³-hybridized carbons (Fsp3) is 0.107. The first kappa shape index (κ1) is 24.0. The SMILES string of the molecule is C=CC(=O)Nc1cccc(N2CCn3c2c(-c2ccc(Oc4nccc(C)n4)c(F)c2)c2c(N)ncnc23)c1. The molecule has 39 heavy (non-hydrogen) atoms. The third-order valence-electron chi connectivity index (χ3n) is 6.45. The molecule has 1 aliphatic heterocycles. The van der Waals surface area contributed by atoms with Crippen LogP contribution in [-0.2, 0) is 11.3 Å². The highest BCUT2D eigenvalue weighted by atomic mass is 19.1. The predicted octanol–water partition coefficient (Wildman–Crippen LogP) is 4.99. The third-order valence-corrected chi connectivity index (χ3v) is 6.45. The van der Waals surface area contributed by atoms with Crippen molar-refractivity contribution in [3.63, 3.8) is 0 Å². The van der Waals surface area contributed by atoms with Gasteiger partial charge in [0.1, 0.15) is 23.6 Å². The first-order valence-electron chi connectivity index (χ1n) is 12.1. The van der Waals surface area contributed by atoms with Crippen LogP contribution in [0.4, 0.5) is 27.4 Å². The summed E-state index contributed by atoms with van der Waals surface area (Å²) in [7, 11) is 0. The van der Waals surface area contributed by atoms with Gasteiger partial charge in [-0.05, 0) is 55.0 Å². The molecule has 0 unspecified atom stereocenters. The lowest BCUT2D eigenvalue weighted by molar-refractivity contribution is -0.111. The number of aryl methyl sites for hydroxylation is 1. The van der Waals surface area contributed by atoms with Crippen molar-refractivity contribution >= 4 is 40.0 Å². The number of anilines is 4. The molecule has 4 heterocycles. The standard InChI is InChI=1S/C28H23FN8O2/c1-3-22(38)35-18-5-4-6-19(14-18)36-11-12-37-26-24(25(30)32-15-33-26)23(27(36)37)17-7-8-21(20(29)13-17)39-28-31-10-9-16(2)34-28/h3-10,13-15H,1,11-12H2,2H3,(H,35,38)(H2,30,32,33). The smallest absolute Gasteiger partial charge is 0.322 e. The highest BCUT2D eigenvalue weighted by molar-refractivity contribution is 6.08. The van der Waals surface area contributed by atoms with Crippen molar-refractivity contribution in [1.82, 2.24) is 24.5 Å². The van der Waals surface area contributed by atoms with E-state index in [0.717, 1.165) is 11.5 Å². The zero-order chi connectivity index (χ0) is 27.1. The second kappa shape index (κ2) is 9.53. The molecule has 0 aliphatic carbocycles. The molecule has 11 heteroatoms. The summed E-state index contributed by atoms with van der Waals surface area (Å²) in [6.07, 6.45) is 4.19. The Morgan fingerprint density at radius 3 is 2.82 bits per heavy atom. The molecule has 0 spiro atoms. The van der Waals surface area contributed by atoms with E-state index in [4.69, 9.17) is 10.5 Å². The molecule has 194 valence electrons. The summed E-state index contributed by atoms with van der Waals surface area (Å²) in [4.78, 5) is 30.9. The Morgan fingerprint density at radius 1 is 1.15 bits per heavy atom. The van der Waals surface area contributed by atoms with Crippen molar-refractivity contribution in [1.29, 1.82) is 0 Å². The third kappa shape index (κ3) is 4.29. The van der Waals surface area contributed by atoms with Gasteiger partial charge in [0.2, 0.25) is 5.91 Å².